The van der Waals surface area contributed by atoms with Gasteiger partial charge >= 0.3 is 0 Å². The maximum absolute atomic E-state index is 13.5. The van der Waals surface area contributed by atoms with Crippen LogP contribution in [0.4, 0.5) is 4.39 Å². The van der Waals surface area contributed by atoms with Gasteiger partial charge in [0.1, 0.15) is 18.2 Å². The molecule has 0 saturated heterocycles. The van der Waals surface area contributed by atoms with Crippen LogP contribution in [0.25, 0.3) is 0 Å². The first-order chi connectivity index (χ1) is 9.51. The number of halogens is 1. The molecule has 0 aromatic heterocycles. The van der Waals surface area contributed by atoms with Crippen LogP contribution < -0.4 is 10.5 Å². The van der Waals surface area contributed by atoms with E-state index in [1.165, 1.54) is 12.1 Å². The molecule has 1 rings (SSSR count). The number of nitrogens with two attached hydrogens (primary N) is 1. The summed E-state index contributed by atoms with van der Waals surface area (Å²) in [5.41, 5.74) is 6.42. The van der Waals surface area contributed by atoms with Gasteiger partial charge in [-0.25, -0.2) is 12.8 Å². The minimum absolute atomic E-state index is 0.000670. The number of sulfone groups is 1. The minimum atomic E-state index is -3.25. The average Bonchev–Trinajstić information content (AvgIpc) is 2.24. The molecule has 0 amide bonds. The highest BCUT2D eigenvalue weighted by Gasteiger charge is 2.28. The van der Waals surface area contributed by atoms with Crippen LogP contribution in [0.3, 0.4) is 0 Å². The second-order valence-corrected chi connectivity index (χ2v) is 9.12. The molecule has 1 aromatic carbocycles. The zero-order chi connectivity index (χ0) is 16.3. The van der Waals surface area contributed by atoms with E-state index in [1.54, 1.807) is 26.8 Å². The summed E-state index contributed by atoms with van der Waals surface area (Å²) < 4.78 is 42.0. The van der Waals surface area contributed by atoms with Crippen molar-refractivity contribution in [3.8, 4) is 5.75 Å². The van der Waals surface area contributed by atoms with Crippen LogP contribution in [-0.4, -0.2) is 31.6 Å². The lowest BCUT2D eigenvalue weighted by Gasteiger charge is -2.19. The topological polar surface area (TPSA) is 69.4 Å². The van der Waals surface area contributed by atoms with Crippen molar-refractivity contribution >= 4 is 9.84 Å². The van der Waals surface area contributed by atoms with Crippen molar-refractivity contribution in [2.75, 3.05) is 12.4 Å². The van der Waals surface area contributed by atoms with Gasteiger partial charge in [-0.05, 0) is 51.8 Å². The lowest BCUT2D eigenvalue weighted by atomic mass is 10.1. The van der Waals surface area contributed by atoms with Gasteiger partial charge in [-0.1, -0.05) is 0 Å². The molecule has 4 nitrogen and oxygen atoms in total. The van der Waals surface area contributed by atoms with Crippen molar-refractivity contribution in [1.82, 2.24) is 0 Å². The monoisotopic (exact) mass is 317 g/mol. The lowest BCUT2D eigenvalue weighted by molar-refractivity contribution is 0.337. The Kier molecular flexibility index (Phi) is 5.75. The molecule has 0 aliphatic heterocycles. The third kappa shape index (κ3) is 5.63. The van der Waals surface area contributed by atoms with Crippen LogP contribution in [-0.2, 0) is 16.3 Å². The highest BCUT2D eigenvalue weighted by Crippen LogP contribution is 2.19. The van der Waals surface area contributed by atoms with Gasteiger partial charge in [0.05, 0.1) is 10.5 Å². The van der Waals surface area contributed by atoms with Gasteiger partial charge in [-0.2, -0.15) is 0 Å². The Morgan fingerprint density at radius 3 is 2.43 bits per heavy atom. The molecule has 0 radical (unpaired) electrons. The molecule has 0 fully saturated rings. The maximum Gasteiger partial charge on any atom is 0.158 e. The Morgan fingerprint density at radius 2 is 1.90 bits per heavy atom. The second kappa shape index (κ2) is 6.75. The lowest BCUT2D eigenvalue weighted by Crippen LogP contribution is -2.32. The van der Waals surface area contributed by atoms with Crippen LogP contribution in [0.15, 0.2) is 18.2 Å². The summed E-state index contributed by atoms with van der Waals surface area (Å²) in [4.78, 5) is 0. The van der Waals surface area contributed by atoms with E-state index in [-0.39, 0.29) is 18.4 Å². The van der Waals surface area contributed by atoms with Gasteiger partial charge in [-0.15, -0.1) is 0 Å². The highest BCUT2D eigenvalue weighted by molar-refractivity contribution is 7.92. The molecule has 0 heterocycles. The number of hydrogen-bond acceptors (Lipinski definition) is 4. The second-order valence-electron chi connectivity index (χ2n) is 6.26. The van der Waals surface area contributed by atoms with E-state index in [2.05, 4.69) is 0 Å². The zero-order valence-electron chi connectivity index (χ0n) is 13.0. The van der Waals surface area contributed by atoms with Gasteiger partial charge in [0.15, 0.2) is 9.84 Å². The summed E-state index contributed by atoms with van der Waals surface area (Å²) >= 11 is 0. The van der Waals surface area contributed by atoms with Crippen molar-refractivity contribution in [3.63, 3.8) is 0 Å². The first-order valence-electron chi connectivity index (χ1n) is 6.91. The van der Waals surface area contributed by atoms with Gasteiger partial charge in [0.2, 0.25) is 0 Å². The molecule has 1 atom stereocenters. The largest absolute Gasteiger partial charge is 0.492 e. The van der Waals surface area contributed by atoms with Crippen LogP contribution >= 0.6 is 0 Å². The fourth-order valence-electron chi connectivity index (χ4n) is 1.77. The summed E-state index contributed by atoms with van der Waals surface area (Å²) in [5.74, 6) is -0.188. The Bertz CT molecular complexity index is 577. The Labute approximate surface area is 126 Å². The minimum Gasteiger partial charge on any atom is -0.492 e. The standard InChI is InChI=1S/C15H24FNO3S/c1-11(17)7-12-8-13(16)10-14(9-12)20-5-6-21(18,19)15(2,3)4/h8-11H,5-7,17H2,1-4H3. The molecule has 0 saturated carbocycles. The molecular formula is C15H24FNO3S. The molecule has 0 spiro atoms. The van der Waals surface area contributed by atoms with Crippen molar-refractivity contribution in [1.29, 1.82) is 0 Å². The Morgan fingerprint density at radius 1 is 1.29 bits per heavy atom. The van der Waals surface area contributed by atoms with E-state index >= 15 is 0 Å². The predicted octanol–water partition coefficient (Wildman–Crippen LogP) is 2.31. The first-order valence-corrected chi connectivity index (χ1v) is 8.56. The third-order valence-electron chi connectivity index (χ3n) is 3.04. The van der Waals surface area contributed by atoms with E-state index in [1.807, 2.05) is 6.92 Å². The molecule has 1 aromatic rings. The summed E-state index contributed by atoms with van der Waals surface area (Å²) in [7, 11) is -3.25. The van der Waals surface area contributed by atoms with Crippen LogP contribution in [0.1, 0.15) is 33.3 Å². The van der Waals surface area contributed by atoms with Crippen molar-refractivity contribution in [2.24, 2.45) is 5.73 Å². The molecular weight excluding hydrogens is 293 g/mol. The summed E-state index contributed by atoms with van der Waals surface area (Å²) in [6, 6.07) is 4.26. The summed E-state index contributed by atoms with van der Waals surface area (Å²) in [6.45, 7) is 6.77. The predicted molar refractivity (Wildman–Crippen MR) is 82.8 cm³/mol. The molecule has 120 valence electrons. The van der Waals surface area contributed by atoms with Gasteiger partial charge in [0.25, 0.3) is 0 Å². The van der Waals surface area contributed by atoms with Crippen LogP contribution in [0.5, 0.6) is 5.75 Å². The zero-order valence-corrected chi connectivity index (χ0v) is 13.8. The Hall–Kier alpha value is -1.14. The van der Waals surface area contributed by atoms with Gasteiger partial charge in [-0.3, -0.25) is 0 Å². The van der Waals surface area contributed by atoms with Gasteiger partial charge < -0.3 is 10.5 Å². The van der Waals surface area contributed by atoms with Crippen molar-refractivity contribution in [2.45, 2.75) is 44.9 Å². The van der Waals surface area contributed by atoms with Crippen molar-refractivity contribution in [3.05, 3.63) is 29.6 Å². The highest BCUT2D eigenvalue weighted by atomic mass is 32.2. The van der Waals surface area contributed by atoms with Crippen LogP contribution in [0.2, 0.25) is 0 Å². The van der Waals surface area contributed by atoms with Gasteiger partial charge in [0, 0.05) is 12.1 Å². The molecule has 0 aliphatic rings. The van der Waals surface area contributed by atoms with Crippen molar-refractivity contribution < 1.29 is 17.5 Å². The first kappa shape index (κ1) is 17.9. The number of hydrogen-bond donors (Lipinski definition) is 1. The molecule has 2 N–H and O–H groups in total. The molecule has 6 heteroatoms. The average molecular weight is 317 g/mol. The normalized spacial score (nSPS) is 14.0. The fourth-order valence-corrected chi connectivity index (χ4v) is 2.68. The molecule has 1 unspecified atom stereocenters. The van der Waals surface area contributed by atoms with E-state index in [0.717, 1.165) is 5.56 Å². The number of rotatable bonds is 6. The smallest absolute Gasteiger partial charge is 0.158 e. The van der Waals surface area contributed by atoms with E-state index in [4.69, 9.17) is 10.5 Å². The fraction of sp³-hybridized carbons (Fsp3) is 0.600. The van der Waals surface area contributed by atoms with E-state index in [0.29, 0.717) is 12.2 Å². The summed E-state index contributed by atoms with van der Waals surface area (Å²) in [5, 5.41) is 0. The molecule has 0 bridgehead atoms. The molecule has 21 heavy (non-hydrogen) atoms. The van der Waals surface area contributed by atoms with E-state index in [9.17, 15) is 12.8 Å². The maximum atomic E-state index is 13.5. The number of benzene rings is 1. The quantitative estimate of drug-likeness (QED) is 0.874. The Balaban J connectivity index is 2.70. The van der Waals surface area contributed by atoms with Crippen LogP contribution in [0, 0.1) is 5.82 Å². The summed E-state index contributed by atoms with van der Waals surface area (Å²) in [6.07, 6.45) is 0.536. The molecule has 0 aliphatic carbocycles. The number of ether oxygens (including phenoxy) is 1. The van der Waals surface area contributed by atoms with E-state index < -0.39 is 20.4 Å². The third-order valence-corrected chi connectivity index (χ3v) is 5.61. The SMILES string of the molecule is CC(N)Cc1cc(F)cc(OCCS(=O)(=O)C(C)(C)C)c1.